The second-order valence-electron chi connectivity index (χ2n) is 5.12. The van der Waals surface area contributed by atoms with Crippen LogP contribution >= 0.6 is 0 Å². The average Bonchev–Trinajstić information content (AvgIpc) is 2.23. The number of hydrogen-bond donors (Lipinski definition) is 2. The van der Waals surface area contributed by atoms with Crippen LogP contribution in [0.15, 0.2) is 18.2 Å². The van der Waals surface area contributed by atoms with Crippen molar-refractivity contribution in [2.45, 2.75) is 19.3 Å². The zero-order chi connectivity index (χ0) is 13.1. The maximum atomic E-state index is 12.0. The highest BCUT2D eigenvalue weighted by Gasteiger charge is 2.21. The van der Waals surface area contributed by atoms with Gasteiger partial charge in [-0.25, -0.2) is 0 Å². The average molecular weight is 249 g/mol. The van der Waals surface area contributed by atoms with Gasteiger partial charge in [0.2, 0.25) is 0 Å². The summed E-state index contributed by atoms with van der Waals surface area (Å²) in [5.74, 6) is 0.412. The molecule has 2 rings (SSSR count). The summed E-state index contributed by atoms with van der Waals surface area (Å²) in [4.78, 5) is 14.0. The van der Waals surface area contributed by atoms with E-state index in [-0.39, 0.29) is 22.8 Å². The molecule has 0 radical (unpaired) electrons. The molecule has 1 aromatic carbocycles. The van der Waals surface area contributed by atoms with Gasteiger partial charge in [0.25, 0.3) is 0 Å². The summed E-state index contributed by atoms with van der Waals surface area (Å²) in [6.45, 7) is 1.24. The molecule has 1 aliphatic carbocycles. The molecule has 0 heterocycles. The Morgan fingerprint density at radius 1 is 1.39 bits per heavy atom. The second-order valence-corrected chi connectivity index (χ2v) is 5.12. The molecule has 0 aliphatic heterocycles. The molecular weight excluding hydrogens is 230 g/mol. The topological polar surface area (TPSA) is 60.8 Å². The molecule has 0 aromatic heterocycles. The van der Waals surface area contributed by atoms with Crippen LogP contribution in [0.5, 0.6) is 11.5 Å². The molecule has 1 fully saturated rings. The van der Waals surface area contributed by atoms with Crippen LogP contribution in [0.4, 0.5) is 0 Å². The summed E-state index contributed by atoms with van der Waals surface area (Å²) in [5.41, 5.74) is 0.272. The van der Waals surface area contributed by atoms with E-state index in [1.165, 1.54) is 37.5 Å². The van der Waals surface area contributed by atoms with Crippen molar-refractivity contribution in [3.05, 3.63) is 23.8 Å². The number of hydrogen-bond acceptors (Lipinski definition) is 4. The highest BCUT2D eigenvalue weighted by atomic mass is 16.3. The van der Waals surface area contributed by atoms with E-state index in [2.05, 4.69) is 0 Å². The summed E-state index contributed by atoms with van der Waals surface area (Å²) in [6.07, 6.45) is 3.80. The largest absolute Gasteiger partial charge is 0.508 e. The number of Topliss-reactive ketones (excluding diaryl/α,β-unsaturated/α-hetero) is 1. The first-order chi connectivity index (χ1) is 8.56. The molecule has 4 nitrogen and oxygen atoms in total. The van der Waals surface area contributed by atoms with Crippen LogP contribution in [0, 0.1) is 5.92 Å². The number of carbonyl (C=O) groups excluding carboxylic acids is 1. The molecule has 0 unspecified atom stereocenters. The van der Waals surface area contributed by atoms with Crippen molar-refractivity contribution in [2.75, 3.05) is 20.1 Å². The quantitative estimate of drug-likeness (QED) is 0.784. The molecular formula is C14H19NO3. The van der Waals surface area contributed by atoms with Gasteiger partial charge in [-0.2, -0.15) is 0 Å². The molecule has 4 heteroatoms. The Morgan fingerprint density at radius 2 is 2.11 bits per heavy atom. The van der Waals surface area contributed by atoms with Gasteiger partial charge in [-0.15, -0.1) is 0 Å². The zero-order valence-electron chi connectivity index (χ0n) is 10.6. The number of phenols is 2. The van der Waals surface area contributed by atoms with Crippen LogP contribution in [-0.4, -0.2) is 41.0 Å². The van der Waals surface area contributed by atoms with Crippen LogP contribution < -0.4 is 0 Å². The number of benzene rings is 1. The lowest BCUT2D eigenvalue weighted by Crippen LogP contribution is -2.33. The Hall–Kier alpha value is -1.55. The predicted octanol–water partition coefficient (Wildman–Crippen LogP) is 2.01. The van der Waals surface area contributed by atoms with Gasteiger partial charge in [0.1, 0.15) is 11.5 Å². The van der Waals surface area contributed by atoms with Crippen LogP contribution in [0.1, 0.15) is 29.6 Å². The molecule has 0 amide bonds. The van der Waals surface area contributed by atoms with E-state index in [1.807, 2.05) is 11.9 Å². The van der Waals surface area contributed by atoms with Crippen LogP contribution in [0.2, 0.25) is 0 Å². The number of nitrogens with zero attached hydrogens (tertiary/aromatic N) is 1. The SMILES string of the molecule is CN(CC(=O)c1ccc(O)cc1O)CC1CCC1. The fraction of sp³-hybridized carbons (Fsp3) is 0.500. The highest BCUT2D eigenvalue weighted by Crippen LogP contribution is 2.27. The number of rotatable bonds is 5. The lowest BCUT2D eigenvalue weighted by Gasteiger charge is -2.29. The van der Waals surface area contributed by atoms with Gasteiger partial charge < -0.3 is 10.2 Å². The second kappa shape index (κ2) is 5.40. The Kier molecular flexibility index (Phi) is 3.87. The van der Waals surface area contributed by atoms with Crippen LogP contribution in [-0.2, 0) is 0 Å². The number of aromatic hydroxyl groups is 2. The third-order valence-electron chi connectivity index (χ3n) is 3.49. The van der Waals surface area contributed by atoms with Gasteiger partial charge in [-0.3, -0.25) is 9.69 Å². The van der Waals surface area contributed by atoms with E-state index in [4.69, 9.17) is 0 Å². The first-order valence-corrected chi connectivity index (χ1v) is 6.30. The van der Waals surface area contributed by atoms with Crippen molar-refractivity contribution in [2.24, 2.45) is 5.92 Å². The van der Waals surface area contributed by atoms with E-state index >= 15 is 0 Å². The minimum atomic E-state index is -0.156. The number of carbonyl (C=O) groups is 1. The smallest absolute Gasteiger partial charge is 0.180 e. The van der Waals surface area contributed by atoms with Gasteiger partial charge in [0.15, 0.2) is 5.78 Å². The van der Waals surface area contributed by atoms with E-state index in [0.29, 0.717) is 6.54 Å². The van der Waals surface area contributed by atoms with Gasteiger partial charge in [-0.05, 0) is 37.9 Å². The fourth-order valence-electron chi connectivity index (χ4n) is 2.27. The van der Waals surface area contributed by atoms with Crippen molar-refractivity contribution >= 4 is 5.78 Å². The summed E-state index contributed by atoms with van der Waals surface area (Å²) in [7, 11) is 1.92. The maximum absolute atomic E-state index is 12.0. The third kappa shape index (κ3) is 3.01. The minimum absolute atomic E-state index is 0.0353. The van der Waals surface area contributed by atoms with Gasteiger partial charge >= 0.3 is 0 Å². The monoisotopic (exact) mass is 249 g/mol. The summed E-state index contributed by atoms with van der Waals surface area (Å²) >= 11 is 0. The van der Waals surface area contributed by atoms with Crippen molar-refractivity contribution in [1.82, 2.24) is 4.90 Å². The Morgan fingerprint density at radius 3 is 2.67 bits per heavy atom. The van der Waals surface area contributed by atoms with Crippen molar-refractivity contribution in [3.63, 3.8) is 0 Å². The molecule has 1 saturated carbocycles. The van der Waals surface area contributed by atoms with Gasteiger partial charge in [0.05, 0.1) is 12.1 Å². The number of phenolic OH excluding ortho intramolecular Hbond substituents is 2. The molecule has 2 N–H and O–H groups in total. The molecule has 18 heavy (non-hydrogen) atoms. The predicted molar refractivity (Wildman–Crippen MR) is 68.9 cm³/mol. The highest BCUT2D eigenvalue weighted by molar-refractivity contribution is 6.00. The zero-order valence-corrected chi connectivity index (χ0v) is 10.6. The first kappa shape index (κ1) is 12.9. The standard InChI is InChI=1S/C14H19NO3/c1-15(8-10-3-2-4-10)9-14(18)12-6-5-11(16)7-13(12)17/h5-7,10,16-17H,2-4,8-9H2,1H3. The molecule has 0 spiro atoms. The molecule has 1 aromatic rings. The van der Waals surface area contributed by atoms with Gasteiger partial charge in [-0.1, -0.05) is 6.42 Å². The molecule has 0 bridgehead atoms. The normalized spacial score (nSPS) is 15.7. The Labute approximate surface area is 107 Å². The lowest BCUT2D eigenvalue weighted by molar-refractivity contribution is 0.0922. The Bertz CT molecular complexity index is 441. The van der Waals surface area contributed by atoms with Crippen molar-refractivity contribution in [1.29, 1.82) is 0 Å². The summed E-state index contributed by atoms with van der Waals surface area (Å²) in [5, 5.41) is 18.8. The van der Waals surface area contributed by atoms with E-state index in [0.717, 1.165) is 12.5 Å². The molecule has 1 aliphatic rings. The summed E-state index contributed by atoms with van der Waals surface area (Å²) in [6, 6.07) is 4.07. The van der Waals surface area contributed by atoms with E-state index in [1.54, 1.807) is 0 Å². The van der Waals surface area contributed by atoms with Crippen LogP contribution in [0.25, 0.3) is 0 Å². The maximum Gasteiger partial charge on any atom is 0.180 e. The van der Waals surface area contributed by atoms with Gasteiger partial charge in [0, 0.05) is 12.6 Å². The molecule has 0 atom stereocenters. The lowest BCUT2D eigenvalue weighted by atomic mass is 9.85. The van der Waals surface area contributed by atoms with E-state index in [9.17, 15) is 15.0 Å². The molecule has 98 valence electrons. The fourth-order valence-corrected chi connectivity index (χ4v) is 2.27. The summed E-state index contributed by atoms with van der Waals surface area (Å²) < 4.78 is 0. The van der Waals surface area contributed by atoms with Crippen molar-refractivity contribution in [3.8, 4) is 11.5 Å². The van der Waals surface area contributed by atoms with Crippen LogP contribution in [0.3, 0.4) is 0 Å². The van der Waals surface area contributed by atoms with Crippen molar-refractivity contribution < 1.29 is 15.0 Å². The first-order valence-electron chi connectivity index (χ1n) is 6.30. The minimum Gasteiger partial charge on any atom is -0.508 e. The van der Waals surface area contributed by atoms with E-state index < -0.39 is 0 Å². The number of likely N-dealkylation sites (N-methyl/N-ethyl adjacent to an activating group) is 1. The molecule has 0 saturated heterocycles. The Balaban J connectivity index is 1.93. The third-order valence-corrected chi connectivity index (χ3v) is 3.49. The number of ketones is 1.